The van der Waals surface area contributed by atoms with Gasteiger partial charge in [-0.05, 0) is 71.9 Å². The van der Waals surface area contributed by atoms with Crippen LogP contribution in [0.25, 0.3) is 0 Å². The van der Waals surface area contributed by atoms with E-state index in [0.29, 0.717) is 19.3 Å². The second-order valence-electron chi connectivity index (χ2n) is 4.68. The number of esters is 4. The maximum absolute atomic E-state index is 11.6. The first-order valence-electron chi connectivity index (χ1n) is 7.82. The van der Waals surface area contributed by atoms with E-state index in [4.69, 9.17) is 18.9 Å². The van der Waals surface area contributed by atoms with Gasteiger partial charge in [0.25, 0.3) is 0 Å². The molecule has 0 N–H and O–H groups in total. The minimum atomic E-state index is -0.955. The first-order chi connectivity index (χ1) is 11.8. The van der Waals surface area contributed by atoms with E-state index in [2.05, 4.69) is 0 Å². The fourth-order valence-corrected chi connectivity index (χ4v) is 2.50. The molecular formula is C15H22I2O8. The first kappa shape index (κ1) is 24.3. The van der Waals surface area contributed by atoms with Crippen molar-refractivity contribution in [3.63, 3.8) is 0 Å². The van der Waals surface area contributed by atoms with E-state index in [1.807, 2.05) is 0 Å². The SMILES string of the molecule is CCOC(=O)C(I)OC(=O)CCCCCC(=O)OC(I)C(=O)OCC. The van der Waals surface area contributed by atoms with E-state index in [9.17, 15) is 19.2 Å². The van der Waals surface area contributed by atoms with Gasteiger partial charge in [-0.25, -0.2) is 9.59 Å². The number of ether oxygens (including phenoxy) is 4. The van der Waals surface area contributed by atoms with Crippen molar-refractivity contribution in [2.75, 3.05) is 13.2 Å². The molecule has 0 rings (SSSR count). The minimum absolute atomic E-state index is 0.145. The molecule has 0 aromatic heterocycles. The minimum Gasteiger partial charge on any atom is -0.463 e. The summed E-state index contributed by atoms with van der Waals surface area (Å²) >= 11 is 3.38. The van der Waals surface area contributed by atoms with Crippen molar-refractivity contribution in [3.8, 4) is 0 Å². The molecular weight excluding hydrogens is 562 g/mol. The number of carbonyl (C=O) groups excluding carboxylic acids is 4. The molecule has 0 saturated carbocycles. The number of hydrogen-bond donors (Lipinski definition) is 0. The zero-order chi connectivity index (χ0) is 19.2. The number of rotatable bonds is 12. The van der Waals surface area contributed by atoms with Crippen LogP contribution in [0.4, 0.5) is 0 Å². The highest BCUT2D eigenvalue weighted by atomic mass is 127. The van der Waals surface area contributed by atoms with Crippen molar-refractivity contribution >= 4 is 69.1 Å². The van der Waals surface area contributed by atoms with E-state index < -0.39 is 32.1 Å². The van der Waals surface area contributed by atoms with Crippen LogP contribution < -0.4 is 0 Å². The predicted octanol–water partition coefficient (Wildman–Crippen LogP) is 2.67. The predicted molar refractivity (Wildman–Crippen MR) is 104 cm³/mol. The third-order valence-corrected chi connectivity index (χ3v) is 4.20. The van der Waals surface area contributed by atoms with Gasteiger partial charge in [0.2, 0.25) is 8.22 Å². The summed E-state index contributed by atoms with van der Waals surface area (Å²) in [7, 11) is 0. The molecule has 0 radical (unpaired) electrons. The van der Waals surface area contributed by atoms with E-state index in [1.165, 1.54) is 0 Å². The molecule has 0 aromatic carbocycles. The summed E-state index contributed by atoms with van der Waals surface area (Å²) in [5.41, 5.74) is 0. The van der Waals surface area contributed by atoms with Crippen molar-refractivity contribution in [1.29, 1.82) is 0 Å². The van der Waals surface area contributed by atoms with Crippen LogP contribution in [-0.4, -0.2) is 45.3 Å². The summed E-state index contributed by atoms with van der Waals surface area (Å²) in [4.78, 5) is 45.8. The van der Waals surface area contributed by atoms with Gasteiger partial charge >= 0.3 is 23.9 Å². The zero-order valence-corrected chi connectivity index (χ0v) is 18.4. The molecule has 2 unspecified atom stereocenters. The lowest BCUT2D eigenvalue weighted by Gasteiger charge is -2.11. The topological polar surface area (TPSA) is 105 Å². The van der Waals surface area contributed by atoms with Crippen LogP contribution >= 0.6 is 45.2 Å². The number of halogens is 2. The smallest absolute Gasteiger partial charge is 0.357 e. The Morgan fingerprint density at radius 1 is 0.720 bits per heavy atom. The summed E-state index contributed by atoms with van der Waals surface area (Å²) in [5, 5.41) is 0. The van der Waals surface area contributed by atoms with Crippen molar-refractivity contribution in [1.82, 2.24) is 0 Å². The number of hydrogen-bond acceptors (Lipinski definition) is 8. The van der Waals surface area contributed by atoms with E-state index in [1.54, 1.807) is 59.0 Å². The fourth-order valence-electron chi connectivity index (χ4n) is 1.58. The molecule has 0 saturated heterocycles. The van der Waals surface area contributed by atoms with Crippen LogP contribution in [0.5, 0.6) is 0 Å². The third-order valence-electron chi connectivity index (χ3n) is 2.68. The summed E-state index contributed by atoms with van der Waals surface area (Å²) in [6, 6.07) is 0. The van der Waals surface area contributed by atoms with Crippen LogP contribution in [0.3, 0.4) is 0 Å². The molecule has 0 heterocycles. The molecule has 2 atom stereocenters. The Morgan fingerprint density at radius 3 is 1.40 bits per heavy atom. The van der Waals surface area contributed by atoms with Crippen molar-refractivity contribution in [2.45, 2.75) is 54.2 Å². The first-order valence-corrected chi connectivity index (χ1v) is 10.3. The van der Waals surface area contributed by atoms with Gasteiger partial charge in [-0.3, -0.25) is 9.59 Å². The second kappa shape index (κ2) is 14.5. The van der Waals surface area contributed by atoms with Crippen molar-refractivity contribution in [2.24, 2.45) is 0 Å². The van der Waals surface area contributed by atoms with Crippen LogP contribution in [-0.2, 0) is 38.1 Å². The highest BCUT2D eigenvalue weighted by Crippen LogP contribution is 2.12. The Balaban J connectivity index is 3.81. The van der Waals surface area contributed by atoms with Gasteiger partial charge in [0.1, 0.15) is 0 Å². The van der Waals surface area contributed by atoms with Gasteiger partial charge in [0.15, 0.2) is 0 Å². The maximum Gasteiger partial charge on any atom is 0.357 e. The summed E-state index contributed by atoms with van der Waals surface area (Å²) in [6.07, 6.45) is 1.94. The van der Waals surface area contributed by atoms with Crippen molar-refractivity contribution in [3.05, 3.63) is 0 Å². The molecule has 0 amide bonds. The van der Waals surface area contributed by atoms with E-state index >= 15 is 0 Å². The highest BCUT2D eigenvalue weighted by molar-refractivity contribution is 14.1. The Hall–Kier alpha value is -0.660. The quantitative estimate of drug-likeness (QED) is 0.114. The maximum atomic E-state index is 11.6. The summed E-state index contributed by atoms with van der Waals surface area (Å²) < 4.78 is 17.4. The highest BCUT2D eigenvalue weighted by Gasteiger charge is 2.21. The molecule has 10 heteroatoms. The van der Waals surface area contributed by atoms with Crippen LogP contribution in [0.2, 0.25) is 0 Å². The summed E-state index contributed by atoms with van der Waals surface area (Å²) in [6.45, 7) is 3.78. The molecule has 0 spiro atoms. The second-order valence-corrected chi connectivity index (χ2v) is 6.94. The Bertz CT molecular complexity index is 415. The standard InChI is InChI=1S/C15H22I2O8/c1-3-22-14(20)12(16)24-10(18)8-6-5-7-9-11(19)25-13(17)15(21)23-4-2/h12-13H,3-9H2,1-2H3. The van der Waals surface area contributed by atoms with Gasteiger partial charge < -0.3 is 18.9 Å². The lowest BCUT2D eigenvalue weighted by molar-refractivity contribution is -0.160. The van der Waals surface area contributed by atoms with E-state index in [-0.39, 0.29) is 26.1 Å². The van der Waals surface area contributed by atoms with Gasteiger partial charge in [0, 0.05) is 12.8 Å². The molecule has 0 fully saturated rings. The molecule has 0 aromatic rings. The normalized spacial score (nSPS) is 12.6. The number of unbranched alkanes of at least 4 members (excludes halogenated alkanes) is 2. The lowest BCUT2D eigenvalue weighted by Crippen LogP contribution is -2.23. The zero-order valence-electron chi connectivity index (χ0n) is 14.1. The molecule has 0 aliphatic carbocycles. The van der Waals surface area contributed by atoms with Gasteiger partial charge in [0.05, 0.1) is 13.2 Å². The molecule has 0 aliphatic rings. The Kier molecular flexibility index (Phi) is 14.1. The molecule has 8 nitrogen and oxygen atoms in total. The van der Waals surface area contributed by atoms with E-state index in [0.717, 1.165) is 0 Å². The van der Waals surface area contributed by atoms with Gasteiger partial charge in [-0.2, -0.15) is 0 Å². The van der Waals surface area contributed by atoms with Gasteiger partial charge in [-0.1, -0.05) is 6.42 Å². The number of alkyl halides is 2. The largest absolute Gasteiger partial charge is 0.463 e. The van der Waals surface area contributed by atoms with Crippen LogP contribution in [0, 0.1) is 0 Å². The third kappa shape index (κ3) is 12.3. The Morgan fingerprint density at radius 2 is 1.08 bits per heavy atom. The fraction of sp³-hybridized carbons (Fsp3) is 0.733. The lowest BCUT2D eigenvalue weighted by atomic mass is 10.1. The van der Waals surface area contributed by atoms with Crippen molar-refractivity contribution < 1.29 is 38.1 Å². The number of carbonyl (C=O) groups is 4. The average Bonchev–Trinajstić information content (AvgIpc) is 2.54. The van der Waals surface area contributed by atoms with Crippen LogP contribution in [0.1, 0.15) is 46.0 Å². The molecule has 0 aliphatic heterocycles. The van der Waals surface area contributed by atoms with Gasteiger partial charge in [-0.15, -0.1) is 0 Å². The Labute approximate surface area is 173 Å². The van der Waals surface area contributed by atoms with Crippen LogP contribution in [0.15, 0.2) is 0 Å². The summed E-state index contributed by atoms with van der Waals surface area (Å²) in [5.74, 6) is -2.17. The monoisotopic (exact) mass is 584 g/mol. The average molecular weight is 584 g/mol. The molecule has 144 valence electrons. The molecule has 0 bridgehead atoms. The molecule has 25 heavy (non-hydrogen) atoms.